The van der Waals surface area contributed by atoms with Crippen molar-refractivity contribution in [1.82, 2.24) is 10.2 Å². The highest BCUT2D eigenvalue weighted by molar-refractivity contribution is 5.73. The van der Waals surface area contributed by atoms with Gasteiger partial charge >= 0.3 is 12.1 Å². The second-order valence-electron chi connectivity index (χ2n) is 5.15. The van der Waals surface area contributed by atoms with E-state index in [1.165, 1.54) is 0 Å². The molecule has 0 amide bonds. The molecule has 0 bridgehead atoms. The summed E-state index contributed by atoms with van der Waals surface area (Å²) in [5.74, 6) is -2.76. The lowest BCUT2D eigenvalue weighted by Crippen LogP contribution is -2.60. The summed E-state index contributed by atoms with van der Waals surface area (Å²) in [5, 5.41) is 20.1. The van der Waals surface area contributed by atoms with E-state index in [4.69, 9.17) is 9.90 Å². The third kappa shape index (κ3) is 5.33. The van der Waals surface area contributed by atoms with Crippen molar-refractivity contribution >= 4 is 5.97 Å². The van der Waals surface area contributed by atoms with Crippen LogP contribution in [0.2, 0.25) is 0 Å². The molecule has 0 aromatic heterocycles. The van der Waals surface area contributed by atoms with Crippen LogP contribution in [0, 0.1) is 0 Å². The lowest BCUT2D eigenvalue weighted by atomic mass is 9.92. The molecule has 5 nitrogen and oxygen atoms in total. The molecule has 0 radical (unpaired) electrons. The number of likely N-dealkylation sites (tertiary alicyclic amines) is 1. The Labute approximate surface area is 109 Å². The number of hydrogen-bond donors (Lipinski definition) is 3. The Morgan fingerprint density at radius 2 is 1.74 bits per heavy atom. The van der Waals surface area contributed by atoms with E-state index in [1.54, 1.807) is 0 Å². The molecular formula is C11H19F3N2O3. The highest BCUT2D eigenvalue weighted by atomic mass is 19.4. The van der Waals surface area contributed by atoms with Crippen LogP contribution in [0.5, 0.6) is 0 Å². The van der Waals surface area contributed by atoms with E-state index in [1.807, 2.05) is 6.92 Å². The second kappa shape index (κ2) is 6.06. The van der Waals surface area contributed by atoms with Gasteiger partial charge in [0.25, 0.3) is 0 Å². The first-order valence-corrected chi connectivity index (χ1v) is 6.09. The fourth-order valence-corrected chi connectivity index (χ4v) is 1.90. The number of alkyl halides is 3. The number of carbonyl (C=O) groups is 1. The van der Waals surface area contributed by atoms with E-state index < -0.39 is 17.7 Å². The maximum absolute atomic E-state index is 10.6. The van der Waals surface area contributed by atoms with Crippen LogP contribution in [0.15, 0.2) is 0 Å². The Morgan fingerprint density at radius 3 is 2.00 bits per heavy atom. The summed E-state index contributed by atoms with van der Waals surface area (Å²) >= 11 is 0. The first kappa shape index (κ1) is 16.2. The quantitative estimate of drug-likeness (QED) is 0.651. The zero-order valence-electron chi connectivity index (χ0n) is 10.7. The van der Waals surface area contributed by atoms with Crippen molar-refractivity contribution < 1.29 is 28.2 Å². The number of halogens is 3. The summed E-state index contributed by atoms with van der Waals surface area (Å²) in [6, 6.07) is 0.751. The normalized spacial score (nSPS) is 24.1. The molecule has 0 atom stereocenters. The number of hydrogen-bond acceptors (Lipinski definition) is 4. The number of aliphatic carboxylic acids is 1. The SMILES string of the molecule is CC1(O)CCN(C2CNC2)CC1.O=C(O)C(F)(F)F. The van der Waals surface area contributed by atoms with E-state index in [0.717, 1.165) is 45.1 Å². The van der Waals surface area contributed by atoms with E-state index in [2.05, 4.69) is 10.2 Å². The van der Waals surface area contributed by atoms with Crippen LogP contribution in [-0.2, 0) is 4.79 Å². The van der Waals surface area contributed by atoms with Gasteiger partial charge in [0.05, 0.1) is 5.60 Å². The first-order chi connectivity index (χ1) is 8.62. The molecule has 19 heavy (non-hydrogen) atoms. The number of nitrogens with one attached hydrogen (secondary N) is 1. The summed E-state index contributed by atoms with van der Waals surface area (Å²) in [7, 11) is 0. The summed E-state index contributed by atoms with van der Waals surface area (Å²) in [4.78, 5) is 11.4. The average Bonchev–Trinajstić information content (AvgIpc) is 2.18. The van der Waals surface area contributed by atoms with Crippen LogP contribution in [0.4, 0.5) is 13.2 Å². The van der Waals surface area contributed by atoms with Gasteiger partial charge < -0.3 is 15.5 Å². The largest absolute Gasteiger partial charge is 0.490 e. The average molecular weight is 284 g/mol. The van der Waals surface area contributed by atoms with Crippen LogP contribution in [0.25, 0.3) is 0 Å². The Morgan fingerprint density at radius 1 is 1.32 bits per heavy atom. The van der Waals surface area contributed by atoms with Gasteiger partial charge in [-0.15, -0.1) is 0 Å². The van der Waals surface area contributed by atoms with Crippen molar-refractivity contribution in [2.24, 2.45) is 0 Å². The van der Waals surface area contributed by atoms with Crippen molar-refractivity contribution in [2.45, 2.75) is 37.6 Å². The van der Waals surface area contributed by atoms with Gasteiger partial charge in [0, 0.05) is 32.2 Å². The Bertz CT molecular complexity index is 307. The van der Waals surface area contributed by atoms with Crippen molar-refractivity contribution in [2.75, 3.05) is 26.2 Å². The fraction of sp³-hybridized carbons (Fsp3) is 0.909. The zero-order valence-corrected chi connectivity index (χ0v) is 10.7. The highest BCUT2D eigenvalue weighted by Crippen LogP contribution is 2.23. The molecule has 2 aliphatic heterocycles. The van der Waals surface area contributed by atoms with Crippen molar-refractivity contribution in [3.05, 3.63) is 0 Å². The van der Waals surface area contributed by atoms with E-state index in [0.29, 0.717) is 0 Å². The van der Waals surface area contributed by atoms with Gasteiger partial charge in [-0.1, -0.05) is 0 Å². The number of nitrogens with zero attached hydrogens (tertiary/aromatic N) is 1. The summed E-state index contributed by atoms with van der Waals surface area (Å²) in [5.41, 5.74) is -0.395. The monoisotopic (exact) mass is 284 g/mol. The molecule has 0 unspecified atom stereocenters. The van der Waals surface area contributed by atoms with Gasteiger partial charge in [-0.25, -0.2) is 4.79 Å². The van der Waals surface area contributed by atoms with E-state index in [9.17, 15) is 18.3 Å². The second-order valence-corrected chi connectivity index (χ2v) is 5.15. The van der Waals surface area contributed by atoms with E-state index in [-0.39, 0.29) is 0 Å². The molecule has 3 N–H and O–H groups in total. The minimum absolute atomic E-state index is 0.395. The van der Waals surface area contributed by atoms with Gasteiger partial charge in [0.2, 0.25) is 0 Å². The van der Waals surface area contributed by atoms with Crippen molar-refractivity contribution in [3.8, 4) is 0 Å². The van der Waals surface area contributed by atoms with Crippen molar-refractivity contribution in [3.63, 3.8) is 0 Å². The van der Waals surface area contributed by atoms with E-state index >= 15 is 0 Å². The Hall–Kier alpha value is -0.860. The molecule has 2 rings (SSSR count). The minimum atomic E-state index is -5.08. The lowest BCUT2D eigenvalue weighted by molar-refractivity contribution is -0.192. The predicted octanol–water partition coefficient (Wildman–Crippen LogP) is 0.438. The molecule has 2 heterocycles. The molecule has 0 aromatic carbocycles. The topological polar surface area (TPSA) is 72.8 Å². The number of rotatable bonds is 1. The third-order valence-electron chi connectivity index (χ3n) is 3.39. The number of aliphatic hydroxyl groups is 1. The van der Waals surface area contributed by atoms with Crippen LogP contribution >= 0.6 is 0 Å². The predicted molar refractivity (Wildman–Crippen MR) is 61.8 cm³/mol. The molecule has 0 spiro atoms. The number of carboxylic acids is 1. The Kier molecular flexibility index (Phi) is 5.17. The van der Waals surface area contributed by atoms with Gasteiger partial charge in [-0.05, 0) is 19.8 Å². The van der Waals surface area contributed by atoms with Gasteiger partial charge in [0.15, 0.2) is 0 Å². The zero-order chi connectivity index (χ0) is 14.7. The molecule has 0 saturated carbocycles. The molecule has 0 aromatic rings. The number of piperidine rings is 1. The van der Waals surface area contributed by atoms with Crippen molar-refractivity contribution in [1.29, 1.82) is 0 Å². The lowest BCUT2D eigenvalue weighted by Gasteiger charge is -2.43. The van der Waals surface area contributed by atoms with Gasteiger partial charge in [0.1, 0.15) is 0 Å². The summed E-state index contributed by atoms with van der Waals surface area (Å²) in [6.45, 7) is 6.37. The minimum Gasteiger partial charge on any atom is -0.475 e. The Balaban J connectivity index is 0.000000224. The maximum Gasteiger partial charge on any atom is 0.490 e. The molecule has 0 aliphatic carbocycles. The number of carboxylic acid groups (broad SMARTS) is 1. The molecule has 112 valence electrons. The molecule has 2 fully saturated rings. The third-order valence-corrected chi connectivity index (χ3v) is 3.39. The first-order valence-electron chi connectivity index (χ1n) is 6.09. The molecule has 2 saturated heterocycles. The standard InChI is InChI=1S/C9H18N2O.C2HF3O2/c1-9(12)2-4-11(5-3-9)8-6-10-7-8;3-2(4,5)1(6)7/h8,10,12H,2-7H2,1H3;(H,6,7). The van der Waals surface area contributed by atoms with Gasteiger partial charge in [-0.2, -0.15) is 13.2 Å². The molecule has 2 aliphatic rings. The highest BCUT2D eigenvalue weighted by Gasteiger charge is 2.38. The van der Waals surface area contributed by atoms with Gasteiger partial charge in [-0.3, -0.25) is 4.90 Å². The summed E-state index contributed by atoms with van der Waals surface area (Å²) in [6.07, 6.45) is -3.22. The van der Waals surface area contributed by atoms with Crippen LogP contribution in [-0.4, -0.2) is 65.1 Å². The maximum atomic E-state index is 10.6. The van der Waals surface area contributed by atoms with Crippen LogP contribution in [0.1, 0.15) is 19.8 Å². The summed E-state index contributed by atoms with van der Waals surface area (Å²) < 4.78 is 31.7. The smallest absolute Gasteiger partial charge is 0.475 e. The van der Waals surface area contributed by atoms with Crippen LogP contribution < -0.4 is 5.32 Å². The molecular weight excluding hydrogens is 265 g/mol. The van der Waals surface area contributed by atoms with Crippen LogP contribution in [0.3, 0.4) is 0 Å². The fourth-order valence-electron chi connectivity index (χ4n) is 1.90. The molecule has 8 heteroatoms.